The Morgan fingerprint density at radius 2 is 2.12 bits per heavy atom. The number of hydrogen-bond acceptors (Lipinski definition) is 4. The first-order valence-corrected chi connectivity index (χ1v) is 9.33. The van der Waals surface area contributed by atoms with Crippen LogP contribution in [0.15, 0.2) is 39.5 Å². The molecule has 0 atom stereocenters. The van der Waals surface area contributed by atoms with Gasteiger partial charge in [-0.3, -0.25) is 9.48 Å². The van der Waals surface area contributed by atoms with Crippen LogP contribution < -0.4 is 0 Å². The molecule has 0 saturated heterocycles. The molecule has 26 heavy (non-hydrogen) atoms. The predicted molar refractivity (Wildman–Crippen MR) is 103 cm³/mol. The van der Waals surface area contributed by atoms with Gasteiger partial charge in [0.1, 0.15) is 0 Å². The summed E-state index contributed by atoms with van der Waals surface area (Å²) in [5.41, 5.74) is 1.73. The van der Waals surface area contributed by atoms with Crippen molar-refractivity contribution in [3.8, 4) is 11.3 Å². The Kier molecular flexibility index (Phi) is 5.70. The lowest BCUT2D eigenvalue weighted by atomic mass is 10.1. The standard InChI is InChI=1S/C17H15BrCl2N4O2/c1-3-24-15(12(18)8-21-24)9-23(2)17(25)14-7-16(26-22-14)11-5-4-10(19)6-13(11)20/h4-8H,3,9H2,1-2H3. The average Bonchev–Trinajstić information content (AvgIpc) is 3.22. The topological polar surface area (TPSA) is 64.2 Å². The molecule has 3 rings (SSSR count). The summed E-state index contributed by atoms with van der Waals surface area (Å²) in [6, 6.07) is 6.60. The van der Waals surface area contributed by atoms with E-state index in [9.17, 15) is 4.79 Å². The highest BCUT2D eigenvalue weighted by Crippen LogP contribution is 2.31. The second kappa shape index (κ2) is 7.82. The first kappa shape index (κ1) is 18.9. The van der Waals surface area contributed by atoms with Crippen molar-refractivity contribution in [2.75, 3.05) is 7.05 Å². The molecule has 2 aromatic heterocycles. The molecule has 0 radical (unpaired) electrons. The van der Waals surface area contributed by atoms with Gasteiger partial charge in [0.15, 0.2) is 11.5 Å². The Morgan fingerprint density at radius 3 is 2.81 bits per heavy atom. The highest BCUT2D eigenvalue weighted by atomic mass is 79.9. The van der Waals surface area contributed by atoms with Crippen LogP contribution in [0.1, 0.15) is 23.1 Å². The molecule has 0 saturated carbocycles. The van der Waals surface area contributed by atoms with Gasteiger partial charge in [0.2, 0.25) is 0 Å². The van der Waals surface area contributed by atoms with Gasteiger partial charge in [-0.1, -0.05) is 28.4 Å². The number of nitrogens with zero attached hydrogens (tertiary/aromatic N) is 4. The summed E-state index contributed by atoms with van der Waals surface area (Å²) in [5.74, 6) is 0.143. The van der Waals surface area contributed by atoms with Gasteiger partial charge in [0, 0.05) is 30.2 Å². The Labute approximate surface area is 168 Å². The van der Waals surface area contributed by atoms with E-state index in [-0.39, 0.29) is 11.6 Å². The summed E-state index contributed by atoms with van der Waals surface area (Å²) in [6.07, 6.45) is 1.72. The zero-order valence-corrected chi connectivity index (χ0v) is 17.1. The highest BCUT2D eigenvalue weighted by Gasteiger charge is 2.21. The Morgan fingerprint density at radius 1 is 1.35 bits per heavy atom. The molecule has 0 N–H and O–H groups in total. The predicted octanol–water partition coefficient (Wildman–Crippen LogP) is 4.90. The molecule has 0 unspecified atom stereocenters. The normalized spacial score (nSPS) is 11.0. The fourth-order valence-corrected chi connectivity index (χ4v) is 3.43. The van der Waals surface area contributed by atoms with Gasteiger partial charge >= 0.3 is 0 Å². The molecule has 3 aromatic rings. The minimum Gasteiger partial charge on any atom is -0.355 e. The second-order valence-electron chi connectivity index (χ2n) is 5.62. The maximum atomic E-state index is 12.7. The molecule has 0 aliphatic rings. The van der Waals surface area contributed by atoms with Crippen LogP contribution in [0.2, 0.25) is 10.0 Å². The van der Waals surface area contributed by atoms with Crippen LogP contribution in [0.3, 0.4) is 0 Å². The maximum Gasteiger partial charge on any atom is 0.276 e. The third kappa shape index (κ3) is 3.79. The number of carbonyl (C=O) groups excluding carboxylic acids is 1. The van der Waals surface area contributed by atoms with Gasteiger partial charge in [0.25, 0.3) is 5.91 Å². The van der Waals surface area contributed by atoms with E-state index >= 15 is 0 Å². The molecule has 0 spiro atoms. The maximum absolute atomic E-state index is 12.7. The van der Waals surface area contributed by atoms with E-state index in [4.69, 9.17) is 27.7 Å². The van der Waals surface area contributed by atoms with Crippen molar-refractivity contribution in [1.29, 1.82) is 0 Å². The van der Waals surface area contributed by atoms with Crippen molar-refractivity contribution in [1.82, 2.24) is 19.8 Å². The van der Waals surface area contributed by atoms with Gasteiger partial charge < -0.3 is 9.42 Å². The second-order valence-corrected chi connectivity index (χ2v) is 7.31. The van der Waals surface area contributed by atoms with Crippen LogP contribution in [-0.4, -0.2) is 32.8 Å². The summed E-state index contributed by atoms with van der Waals surface area (Å²) in [5, 5.41) is 9.08. The van der Waals surface area contributed by atoms with Crippen LogP contribution >= 0.6 is 39.1 Å². The van der Waals surface area contributed by atoms with E-state index in [0.717, 1.165) is 10.2 Å². The summed E-state index contributed by atoms with van der Waals surface area (Å²) in [7, 11) is 1.70. The molecule has 136 valence electrons. The molecule has 0 fully saturated rings. The van der Waals surface area contributed by atoms with Crippen molar-refractivity contribution >= 4 is 45.0 Å². The van der Waals surface area contributed by atoms with E-state index in [0.29, 0.717) is 34.5 Å². The van der Waals surface area contributed by atoms with E-state index in [2.05, 4.69) is 26.2 Å². The number of aryl methyl sites for hydroxylation is 1. The smallest absolute Gasteiger partial charge is 0.276 e. The first-order chi connectivity index (χ1) is 12.4. The Bertz CT molecular complexity index is 954. The number of aromatic nitrogens is 3. The summed E-state index contributed by atoms with van der Waals surface area (Å²) >= 11 is 15.5. The lowest BCUT2D eigenvalue weighted by molar-refractivity contribution is 0.0771. The zero-order chi connectivity index (χ0) is 18.8. The largest absolute Gasteiger partial charge is 0.355 e. The van der Waals surface area contributed by atoms with E-state index < -0.39 is 0 Å². The first-order valence-electron chi connectivity index (χ1n) is 7.78. The van der Waals surface area contributed by atoms with Crippen molar-refractivity contribution in [2.45, 2.75) is 20.0 Å². The third-order valence-corrected chi connectivity index (χ3v) is 5.07. The van der Waals surface area contributed by atoms with Crippen molar-refractivity contribution in [3.05, 3.63) is 56.4 Å². The Hall–Kier alpha value is -1.83. The molecule has 2 heterocycles. The molecule has 0 aliphatic heterocycles. The highest BCUT2D eigenvalue weighted by molar-refractivity contribution is 9.10. The summed E-state index contributed by atoms with van der Waals surface area (Å²) in [6.45, 7) is 3.09. The molecule has 1 amide bonds. The molecule has 0 bridgehead atoms. The zero-order valence-electron chi connectivity index (χ0n) is 14.0. The number of benzene rings is 1. The van der Waals surface area contributed by atoms with Gasteiger partial charge in [-0.05, 0) is 41.1 Å². The van der Waals surface area contributed by atoms with Crippen LogP contribution in [0.25, 0.3) is 11.3 Å². The van der Waals surface area contributed by atoms with Crippen LogP contribution in [0, 0.1) is 0 Å². The molecule has 6 nitrogen and oxygen atoms in total. The average molecular weight is 458 g/mol. The van der Waals surface area contributed by atoms with Crippen LogP contribution in [0.4, 0.5) is 0 Å². The number of amides is 1. The Balaban J connectivity index is 1.80. The number of hydrogen-bond donors (Lipinski definition) is 0. The molecular weight excluding hydrogens is 443 g/mol. The molecule has 9 heteroatoms. The SMILES string of the molecule is CCn1ncc(Br)c1CN(C)C(=O)c1cc(-c2ccc(Cl)cc2Cl)on1. The molecule has 0 aliphatic carbocycles. The molecule has 1 aromatic carbocycles. The molecular formula is C17H15BrCl2N4O2. The minimum atomic E-state index is -0.263. The monoisotopic (exact) mass is 456 g/mol. The number of rotatable bonds is 5. The van der Waals surface area contributed by atoms with Crippen LogP contribution in [0.5, 0.6) is 0 Å². The van der Waals surface area contributed by atoms with E-state index in [1.165, 1.54) is 0 Å². The van der Waals surface area contributed by atoms with Gasteiger partial charge in [-0.2, -0.15) is 5.10 Å². The number of halogens is 3. The van der Waals surface area contributed by atoms with Crippen molar-refractivity contribution in [2.24, 2.45) is 0 Å². The fraction of sp³-hybridized carbons (Fsp3) is 0.235. The summed E-state index contributed by atoms with van der Waals surface area (Å²) < 4.78 is 7.98. The third-order valence-electron chi connectivity index (χ3n) is 3.86. The summed E-state index contributed by atoms with van der Waals surface area (Å²) in [4.78, 5) is 14.2. The quantitative estimate of drug-likeness (QED) is 0.546. The lowest BCUT2D eigenvalue weighted by Crippen LogP contribution is -2.27. The van der Waals surface area contributed by atoms with E-state index in [1.54, 1.807) is 42.4 Å². The minimum absolute atomic E-state index is 0.201. The van der Waals surface area contributed by atoms with Gasteiger partial charge in [-0.15, -0.1) is 0 Å². The van der Waals surface area contributed by atoms with Gasteiger partial charge in [-0.25, -0.2) is 0 Å². The van der Waals surface area contributed by atoms with Crippen molar-refractivity contribution in [3.63, 3.8) is 0 Å². The van der Waals surface area contributed by atoms with Crippen LogP contribution in [-0.2, 0) is 13.1 Å². The number of carbonyl (C=O) groups is 1. The van der Waals surface area contributed by atoms with Gasteiger partial charge in [0.05, 0.1) is 27.9 Å². The fourth-order valence-electron chi connectivity index (χ4n) is 2.50. The van der Waals surface area contributed by atoms with Crippen molar-refractivity contribution < 1.29 is 9.32 Å². The van der Waals surface area contributed by atoms with E-state index in [1.807, 2.05) is 11.6 Å². The lowest BCUT2D eigenvalue weighted by Gasteiger charge is -2.16.